The standard InChI is InChI=1S/C26H36ClN3.ClH/c1-28-26(23-10-5-11-24(27)21-23)14-12-25(13-15-26)30-19-17-29(18-20-30)16-6-9-22-7-3-2-4-8-22;/h2-5,7-8,10-11,21,25,28H,6,9,12-20H2,1H3;1H. The van der Waals surface area contributed by atoms with Crippen molar-refractivity contribution in [1.82, 2.24) is 15.1 Å². The number of benzene rings is 2. The molecule has 0 radical (unpaired) electrons. The lowest BCUT2D eigenvalue weighted by Crippen LogP contribution is -2.53. The zero-order valence-electron chi connectivity index (χ0n) is 18.7. The van der Waals surface area contributed by atoms with E-state index >= 15 is 0 Å². The van der Waals surface area contributed by atoms with Crippen LogP contribution in [0.25, 0.3) is 0 Å². The van der Waals surface area contributed by atoms with Crippen molar-refractivity contribution in [2.75, 3.05) is 39.8 Å². The van der Waals surface area contributed by atoms with E-state index in [2.05, 4.69) is 70.7 Å². The monoisotopic (exact) mass is 461 g/mol. The molecule has 3 nitrogen and oxygen atoms in total. The fraction of sp³-hybridized carbons (Fsp3) is 0.538. The molecule has 1 saturated heterocycles. The molecule has 1 saturated carbocycles. The summed E-state index contributed by atoms with van der Waals surface area (Å²) in [5.74, 6) is 0. The maximum atomic E-state index is 6.28. The van der Waals surface area contributed by atoms with Gasteiger partial charge in [-0.15, -0.1) is 12.4 Å². The molecule has 1 N–H and O–H groups in total. The first-order valence-corrected chi connectivity index (χ1v) is 12.0. The molecule has 4 rings (SSSR count). The Morgan fingerprint density at radius 1 is 0.968 bits per heavy atom. The van der Waals surface area contributed by atoms with Gasteiger partial charge in [-0.3, -0.25) is 4.90 Å². The van der Waals surface area contributed by atoms with Gasteiger partial charge in [0, 0.05) is 42.8 Å². The van der Waals surface area contributed by atoms with Gasteiger partial charge in [0.1, 0.15) is 0 Å². The van der Waals surface area contributed by atoms with Crippen molar-refractivity contribution in [3.63, 3.8) is 0 Å². The molecule has 1 aliphatic heterocycles. The molecule has 170 valence electrons. The summed E-state index contributed by atoms with van der Waals surface area (Å²) in [6.07, 6.45) is 7.36. The van der Waals surface area contributed by atoms with Crippen molar-refractivity contribution in [3.05, 3.63) is 70.7 Å². The highest BCUT2D eigenvalue weighted by molar-refractivity contribution is 6.30. The van der Waals surface area contributed by atoms with Gasteiger partial charge < -0.3 is 10.2 Å². The molecule has 2 fully saturated rings. The Morgan fingerprint density at radius 3 is 2.32 bits per heavy atom. The molecule has 0 unspecified atom stereocenters. The number of halogens is 2. The maximum Gasteiger partial charge on any atom is 0.0433 e. The molecule has 1 heterocycles. The summed E-state index contributed by atoms with van der Waals surface area (Å²) in [6.45, 7) is 6.11. The predicted octanol–water partition coefficient (Wildman–Crippen LogP) is 5.37. The lowest BCUT2D eigenvalue weighted by Gasteiger charge is -2.46. The zero-order chi connectivity index (χ0) is 20.8. The SMILES string of the molecule is CNC1(c2cccc(Cl)c2)CCC(N2CCN(CCCc3ccccc3)CC2)CC1.Cl. The van der Waals surface area contributed by atoms with E-state index in [1.54, 1.807) is 0 Å². The van der Waals surface area contributed by atoms with Gasteiger partial charge in [-0.1, -0.05) is 54.1 Å². The number of rotatable bonds is 7. The third-order valence-electron chi connectivity index (χ3n) is 7.37. The maximum absolute atomic E-state index is 6.28. The number of hydrogen-bond donors (Lipinski definition) is 1. The van der Waals surface area contributed by atoms with Crippen molar-refractivity contribution >= 4 is 24.0 Å². The lowest BCUT2D eigenvalue weighted by atomic mass is 9.74. The molecule has 0 aromatic heterocycles. The summed E-state index contributed by atoms with van der Waals surface area (Å²) < 4.78 is 0. The van der Waals surface area contributed by atoms with Crippen LogP contribution in [0.1, 0.15) is 43.2 Å². The van der Waals surface area contributed by atoms with Gasteiger partial charge in [0.15, 0.2) is 0 Å². The van der Waals surface area contributed by atoms with Crippen LogP contribution >= 0.6 is 24.0 Å². The minimum absolute atomic E-state index is 0. The number of nitrogens with zero attached hydrogens (tertiary/aromatic N) is 2. The first-order chi connectivity index (χ1) is 14.7. The molecule has 0 atom stereocenters. The second kappa shape index (κ2) is 11.7. The van der Waals surface area contributed by atoms with Crippen molar-refractivity contribution in [3.8, 4) is 0 Å². The van der Waals surface area contributed by atoms with Crippen LogP contribution in [-0.4, -0.2) is 55.6 Å². The molecular formula is C26H37Cl2N3. The Morgan fingerprint density at radius 2 is 1.68 bits per heavy atom. The summed E-state index contributed by atoms with van der Waals surface area (Å²) in [6, 6.07) is 20.1. The Kier molecular flexibility index (Phi) is 9.24. The van der Waals surface area contributed by atoms with Crippen LogP contribution in [0, 0.1) is 0 Å². The number of nitrogens with one attached hydrogen (secondary N) is 1. The summed E-state index contributed by atoms with van der Waals surface area (Å²) in [5.41, 5.74) is 2.89. The number of piperazine rings is 1. The molecule has 1 aliphatic carbocycles. The molecule has 2 aromatic carbocycles. The van der Waals surface area contributed by atoms with Crippen LogP contribution in [0.4, 0.5) is 0 Å². The molecular weight excluding hydrogens is 425 g/mol. The van der Waals surface area contributed by atoms with E-state index in [0.29, 0.717) is 0 Å². The van der Waals surface area contributed by atoms with Gasteiger partial charge in [0.25, 0.3) is 0 Å². The van der Waals surface area contributed by atoms with E-state index < -0.39 is 0 Å². The van der Waals surface area contributed by atoms with Gasteiger partial charge >= 0.3 is 0 Å². The van der Waals surface area contributed by atoms with E-state index in [4.69, 9.17) is 11.6 Å². The summed E-state index contributed by atoms with van der Waals surface area (Å²) in [7, 11) is 2.11. The van der Waals surface area contributed by atoms with Crippen LogP contribution in [0.5, 0.6) is 0 Å². The van der Waals surface area contributed by atoms with E-state index in [9.17, 15) is 0 Å². The van der Waals surface area contributed by atoms with E-state index in [1.165, 1.54) is 82.4 Å². The average molecular weight is 463 g/mol. The summed E-state index contributed by atoms with van der Waals surface area (Å²) in [5, 5.41) is 4.48. The van der Waals surface area contributed by atoms with Crippen LogP contribution in [-0.2, 0) is 12.0 Å². The first-order valence-electron chi connectivity index (χ1n) is 11.6. The average Bonchev–Trinajstić information content (AvgIpc) is 2.80. The smallest absolute Gasteiger partial charge is 0.0433 e. The van der Waals surface area contributed by atoms with Crippen LogP contribution in [0.2, 0.25) is 5.02 Å². The highest BCUT2D eigenvalue weighted by atomic mass is 35.5. The molecule has 2 aliphatic rings. The van der Waals surface area contributed by atoms with Crippen molar-refractivity contribution < 1.29 is 0 Å². The minimum atomic E-state index is 0. The van der Waals surface area contributed by atoms with Crippen LogP contribution in [0.15, 0.2) is 54.6 Å². The molecule has 0 bridgehead atoms. The van der Waals surface area contributed by atoms with Gasteiger partial charge in [-0.25, -0.2) is 0 Å². The highest BCUT2D eigenvalue weighted by Gasteiger charge is 2.37. The van der Waals surface area contributed by atoms with Crippen molar-refractivity contribution in [1.29, 1.82) is 0 Å². The van der Waals surface area contributed by atoms with E-state index in [-0.39, 0.29) is 17.9 Å². The van der Waals surface area contributed by atoms with Gasteiger partial charge in [-0.2, -0.15) is 0 Å². The zero-order valence-corrected chi connectivity index (χ0v) is 20.3. The van der Waals surface area contributed by atoms with Crippen molar-refractivity contribution in [2.45, 2.75) is 50.1 Å². The normalized spacial score (nSPS) is 25.2. The number of hydrogen-bond acceptors (Lipinski definition) is 3. The second-order valence-corrected chi connectivity index (χ2v) is 9.48. The van der Waals surface area contributed by atoms with Gasteiger partial charge in [0.2, 0.25) is 0 Å². The predicted molar refractivity (Wildman–Crippen MR) is 134 cm³/mol. The molecule has 2 aromatic rings. The molecule has 0 amide bonds. The van der Waals surface area contributed by atoms with Crippen LogP contribution < -0.4 is 5.32 Å². The van der Waals surface area contributed by atoms with E-state index in [0.717, 1.165) is 11.1 Å². The number of aryl methyl sites for hydroxylation is 1. The first kappa shape index (κ1) is 24.5. The fourth-order valence-electron chi connectivity index (χ4n) is 5.43. The quantitative estimate of drug-likeness (QED) is 0.597. The Bertz CT molecular complexity index is 782. The molecule has 31 heavy (non-hydrogen) atoms. The molecule has 0 spiro atoms. The summed E-state index contributed by atoms with van der Waals surface area (Å²) in [4.78, 5) is 5.41. The van der Waals surface area contributed by atoms with Gasteiger partial charge in [0.05, 0.1) is 0 Å². The fourth-order valence-corrected chi connectivity index (χ4v) is 5.62. The summed E-state index contributed by atoms with van der Waals surface area (Å²) >= 11 is 6.28. The van der Waals surface area contributed by atoms with Crippen LogP contribution in [0.3, 0.4) is 0 Å². The van der Waals surface area contributed by atoms with Crippen molar-refractivity contribution in [2.24, 2.45) is 0 Å². The Hall–Kier alpha value is -1.10. The van der Waals surface area contributed by atoms with Gasteiger partial charge in [-0.05, 0) is 75.4 Å². The topological polar surface area (TPSA) is 18.5 Å². The largest absolute Gasteiger partial charge is 0.310 e. The third-order valence-corrected chi connectivity index (χ3v) is 7.61. The second-order valence-electron chi connectivity index (χ2n) is 9.04. The van der Waals surface area contributed by atoms with E-state index in [1.807, 2.05) is 6.07 Å². The highest BCUT2D eigenvalue weighted by Crippen LogP contribution is 2.39. The lowest BCUT2D eigenvalue weighted by molar-refractivity contribution is 0.0601. The third kappa shape index (κ3) is 6.24. The Labute approximate surface area is 199 Å². The minimum Gasteiger partial charge on any atom is -0.310 e. The molecule has 5 heteroatoms. The Balaban J connectivity index is 0.00000272.